The molecular formula is C55H82ClN3O6. The van der Waals surface area contributed by atoms with Gasteiger partial charge in [0.05, 0.1) is 11.5 Å². The lowest BCUT2D eigenvalue weighted by Crippen LogP contribution is -2.60. The van der Waals surface area contributed by atoms with E-state index >= 15 is 0 Å². The van der Waals surface area contributed by atoms with Crippen molar-refractivity contribution in [3.63, 3.8) is 0 Å². The number of ketones is 2. The third-order valence-corrected chi connectivity index (χ3v) is 19.8. The molecule has 1 saturated heterocycles. The number of amides is 1. The van der Waals surface area contributed by atoms with Crippen LogP contribution >= 0.6 is 11.6 Å². The molecule has 8 rings (SSSR count). The summed E-state index contributed by atoms with van der Waals surface area (Å²) >= 11 is 6.38. The van der Waals surface area contributed by atoms with Crippen molar-refractivity contribution in [2.45, 2.75) is 157 Å². The Morgan fingerprint density at radius 2 is 1.65 bits per heavy atom. The van der Waals surface area contributed by atoms with E-state index in [0.717, 1.165) is 57.4 Å². The quantitative estimate of drug-likeness (QED) is 0.140. The fourth-order valence-electron chi connectivity index (χ4n) is 16.1. The molecular weight excluding hydrogens is 834 g/mol. The molecule has 9 nitrogen and oxygen atoms in total. The highest BCUT2D eigenvalue weighted by Gasteiger charge is 2.65. The maximum absolute atomic E-state index is 14.2. The van der Waals surface area contributed by atoms with Gasteiger partial charge >= 0.3 is 5.97 Å². The van der Waals surface area contributed by atoms with E-state index in [2.05, 4.69) is 64.0 Å². The van der Waals surface area contributed by atoms with Crippen molar-refractivity contribution in [1.29, 1.82) is 0 Å². The number of hydrogen-bond acceptors (Lipinski definition) is 7. The molecule has 3 N–H and O–H groups in total. The maximum atomic E-state index is 14.2. The number of allylic oxidation sites excluding steroid dienone is 2. The number of carboxylic acid groups (broad SMARTS) is 1. The van der Waals surface area contributed by atoms with Gasteiger partial charge in [-0.1, -0.05) is 65.1 Å². The van der Waals surface area contributed by atoms with E-state index in [4.69, 9.17) is 16.3 Å². The van der Waals surface area contributed by atoms with Gasteiger partial charge in [-0.15, -0.1) is 0 Å². The lowest BCUT2D eigenvalue weighted by molar-refractivity contribution is -0.172. The van der Waals surface area contributed by atoms with Gasteiger partial charge in [-0.3, -0.25) is 24.1 Å². The van der Waals surface area contributed by atoms with E-state index in [-0.39, 0.29) is 45.8 Å². The molecule has 7 aliphatic rings. The van der Waals surface area contributed by atoms with Gasteiger partial charge in [-0.25, -0.2) is 0 Å². The van der Waals surface area contributed by atoms with E-state index < -0.39 is 11.5 Å². The van der Waals surface area contributed by atoms with E-state index in [1.165, 1.54) is 56.9 Å². The van der Waals surface area contributed by atoms with Crippen molar-refractivity contribution in [2.75, 3.05) is 39.3 Å². The molecule has 65 heavy (non-hydrogen) atoms. The summed E-state index contributed by atoms with van der Waals surface area (Å²) in [7, 11) is 0. The Hall–Kier alpha value is -2.75. The summed E-state index contributed by atoms with van der Waals surface area (Å²) in [5.41, 5.74) is 2.99. The zero-order valence-electron chi connectivity index (χ0n) is 41.2. The number of nitrogens with one attached hydrogen (secondary N) is 2. The Balaban J connectivity index is 0.896. The number of nitrogens with zero attached hydrogens (tertiary/aromatic N) is 1. The van der Waals surface area contributed by atoms with Gasteiger partial charge in [-0.2, -0.15) is 0 Å². The monoisotopic (exact) mass is 916 g/mol. The highest BCUT2D eigenvalue weighted by atomic mass is 35.5. The molecule has 0 aromatic heterocycles. The molecule has 1 amide bonds. The summed E-state index contributed by atoms with van der Waals surface area (Å²) in [6, 6.07) is 5.26. The normalized spacial score (nSPS) is 37.1. The molecule has 1 heterocycles. The number of fused-ring (bicyclic) bond motifs is 7. The highest BCUT2D eigenvalue weighted by Crippen LogP contribution is 2.72. The number of Topliss-reactive ketones (excluding diaryl/α,β-unsaturated/α-hetero) is 2. The average Bonchev–Trinajstić information content (AvgIpc) is 3.55. The van der Waals surface area contributed by atoms with Gasteiger partial charge in [0, 0.05) is 47.8 Å². The number of piperidine rings is 1. The van der Waals surface area contributed by atoms with Crippen LogP contribution in [0.1, 0.15) is 162 Å². The van der Waals surface area contributed by atoms with Crippen LogP contribution in [0.3, 0.4) is 0 Å². The minimum atomic E-state index is -0.756. The predicted molar refractivity (Wildman–Crippen MR) is 258 cm³/mol. The largest absolute Gasteiger partial charge is 0.491 e. The summed E-state index contributed by atoms with van der Waals surface area (Å²) in [6.45, 7) is 23.1. The molecule has 0 radical (unpaired) electrons. The first-order chi connectivity index (χ1) is 30.8. The van der Waals surface area contributed by atoms with Crippen LogP contribution in [0.5, 0.6) is 5.75 Å². The fraction of sp³-hybridized carbons (Fsp3) is 0.782. The lowest BCUT2D eigenvalue weighted by atomic mass is 9.37. The molecule has 1 aromatic rings. The van der Waals surface area contributed by atoms with Crippen LogP contribution < -0.4 is 15.4 Å². The van der Waals surface area contributed by atoms with E-state index in [9.17, 15) is 24.3 Å². The molecule has 1 aromatic carbocycles. The summed E-state index contributed by atoms with van der Waals surface area (Å²) in [5, 5.41) is 17.1. The molecule has 6 fully saturated rings. The Bertz CT molecular complexity index is 2010. The zero-order chi connectivity index (χ0) is 46.6. The van der Waals surface area contributed by atoms with Crippen molar-refractivity contribution in [1.82, 2.24) is 15.5 Å². The minimum Gasteiger partial charge on any atom is -0.491 e. The molecule has 1 aliphatic heterocycles. The predicted octanol–water partition coefficient (Wildman–Crippen LogP) is 10.8. The molecule has 6 aliphatic carbocycles. The first kappa shape index (κ1) is 48.7. The summed E-state index contributed by atoms with van der Waals surface area (Å²) in [5.74, 6) is 3.12. The number of halogens is 1. The first-order valence-electron chi connectivity index (χ1n) is 26.0. The number of carbonyl (C=O) groups excluding carboxylic acids is 3. The van der Waals surface area contributed by atoms with E-state index in [0.29, 0.717) is 95.8 Å². The number of likely N-dealkylation sites (tertiary alicyclic amines) is 1. The zero-order valence-corrected chi connectivity index (χ0v) is 41.9. The van der Waals surface area contributed by atoms with Crippen LogP contribution in [0.4, 0.5) is 0 Å². The third kappa shape index (κ3) is 9.28. The van der Waals surface area contributed by atoms with Gasteiger partial charge < -0.3 is 20.5 Å². The standard InChI is InChI=1S/C55H82ClN3O6/c1-33(2)48-45(61)31-55(22-23-57-32-52(5,6)58-50(62)39-13-12-37(56)29-46(39)65-27-26-59-24-10-9-11-25-59)21-18-43-38(49(48)55)14-15-47-53(7)19-16-36(34(3)42(53)17-20-54(43,47)8)28-44(60)40-30-41(35(40)4)51(63)64/h12-13,29,33-36,38,40-43,47,57H,9-11,14-28,30-32H2,1-8H3,(H,58,62)(H,63,64). The highest BCUT2D eigenvalue weighted by molar-refractivity contribution is 6.30. The molecule has 10 heteroatoms. The second kappa shape index (κ2) is 19.0. The second-order valence-electron chi connectivity index (χ2n) is 24.0. The fourth-order valence-corrected chi connectivity index (χ4v) is 16.3. The van der Waals surface area contributed by atoms with Crippen molar-refractivity contribution in [3.8, 4) is 5.75 Å². The average molecular weight is 917 g/mol. The number of ether oxygens (including phenoxy) is 1. The van der Waals surface area contributed by atoms with Crippen molar-refractivity contribution in [2.24, 2.45) is 75.4 Å². The Morgan fingerprint density at radius 1 is 0.938 bits per heavy atom. The first-order valence-corrected chi connectivity index (χ1v) is 26.4. The van der Waals surface area contributed by atoms with Crippen LogP contribution in [0.2, 0.25) is 5.02 Å². The maximum Gasteiger partial charge on any atom is 0.306 e. The second-order valence-corrected chi connectivity index (χ2v) is 24.5. The Labute approximate surface area is 395 Å². The number of benzene rings is 1. The van der Waals surface area contributed by atoms with Gasteiger partial charge in [-0.05, 0) is 192 Å². The van der Waals surface area contributed by atoms with Crippen molar-refractivity contribution in [3.05, 3.63) is 39.9 Å². The number of carbonyl (C=O) groups is 4. The number of carboxylic acids is 1. The van der Waals surface area contributed by atoms with Crippen molar-refractivity contribution < 1.29 is 29.0 Å². The molecule has 0 spiro atoms. The summed E-state index contributed by atoms with van der Waals surface area (Å²) in [6.07, 6.45) is 15.7. The minimum absolute atomic E-state index is 0.0524. The van der Waals surface area contributed by atoms with Crippen LogP contribution in [0.25, 0.3) is 0 Å². The molecule has 0 bridgehead atoms. The summed E-state index contributed by atoms with van der Waals surface area (Å²) < 4.78 is 6.18. The number of aliphatic carboxylic acids is 1. The smallest absolute Gasteiger partial charge is 0.306 e. The van der Waals surface area contributed by atoms with Gasteiger partial charge in [0.2, 0.25) is 0 Å². The summed E-state index contributed by atoms with van der Waals surface area (Å²) in [4.78, 5) is 55.6. The van der Waals surface area contributed by atoms with Crippen LogP contribution in [0.15, 0.2) is 29.3 Å². The Kier molecular flexibility index (Phi) is 14.2. The van der Waals surface area contributed by atoms with Gasteiger partial charge in [0.1, 0.15) is 18.1 Å². The van der Waals surface area contributed by atoms with Crippen LogP contribution in [-0.2, 0) is 14.4 Å². The van der Waals surface area contributed by atoms with E-state index in [1.54, 1.807) is 18.2 Å². The van der Waals surface area contributed by atoms with Gasteiger partial charge in [0.25, 0.3) is 5.91 Å². The molecule has 12 unspecified atom stereocenters. The topological polar surface area (TPSA) is 125 Å². The Morgan fingerprint density at radius 3 is 2.35 bits per heavy atom. The number of rotatable bonds is 16. The van der Waals surface area contributed by atoms with E-state index in [1.807, 2.05) is 6.92 Å². The number of hydrogen-bond donors (Lipinski definition) is 3. The molecule has 12 atom stereocenters. The third-order valence-electron chi connectivity index (χ3n) is 19.6. The molecule has 360 valence electrons. The lowest BCUT2D eigenvalue weighted by Gasteiger charge is -2.67. The van der Waals surface area contributed by atoms with Gasteiger partial charge in [0.15, 0.2) is 5.78 Å². The SMILES string of the molecule is CC(C)C1=C2C3CCC4C(C)(CCC5C(C)C(CC(=O)C6CC(C(=O)O)C6C)CCC54C)C3CCC2(CCNCC(C)(C)NC(=O)c2ccc(Cl)cc2OCCN2CCCCC2)CC1=O. The molecule has 5 saturated carbocycles. The van der Waals surface area contributed by atoms with Crippen LogP contribution in [-0.4, -0.2) is 78.3 Å². The van der Waals surface area contributed by atoms with Crippen molar-refractivity contribution >= 4 is 35.0 Å². The van der Waals surface area contributed by atoms with Crippen LogP contribution in [0, 0.1) is 75.4 Å².